The van der Waals surface area contributed by atoms with Gasteiger partial charge in [0.1, 0.15) is 18.8 Å². The molecule has 0 radical (unpaired) electrons. The number of nitrogens with zero attached hydrogens (tertiary/aromatic N) is 1. The van der Waals surface area contributed by atoms with E-state index in [0.29, 0.717) is 0 Å². The molecule has 1 fully saturated rings. The fourth-order valence-electron chi connectivity index (χ4n) is 2.02. The molecule has 0 atom stereocenters. The van der Waals surface area contributed by atoms with Gasteiger partial charge < -0.3 is 17.1 Å². The summed E-state index contributed by atoms with van der Waals surface area (Å²) in [5.41, 5.74) is 1.18. The highest BCUT2D eigenvalue weighted by Gasteiger charge is 2.11. The summed E-state index contributed by atoms with van der Waals surface area (Å²) in [7, 11) is 1.73. The Morgan fingerprint density at radius 3 is 2.50 bits per heavy atom. The lowest BCUT2D eigenvalue weighted by atomic mass is 10.1. The van der Waals surface area contributed by atoms with Gasteiger partial charge in [-0.3, -0.25) is 0 Å². The first-order valence-electron chi connectivity index (χ1n) is 5.62. The van der Waals surface area contributed by atoms with Crippen molar-refractivity contribution in [1.82, 2.24) is 0 Å². The van der Waals surface area contributed by atoms with Crippen LogP contribution in [0.3, 0.4) is 0 Å². The summed E-state index contributed by atoms with van der Waals surface area (Å²) in [5.74, 6) is 0.961. The van der Waals surface area contributed by atoms with E-state index in [0.717, 1.165) is 5.75 Å². The Hall–Kier alpha value is -1.02. The summed E-state index contributed by atoms with van der Waals surface area (Å²) in [6.45, 7) is 2.36. The lowest BCUT2D eigenvalue weighted by molar-refractivity contribution is -0.532. The van der Waals surface area contributed by atoms with Crippen molar-refractivity contribution in [2.24, 2.45) is 0 Å². The molecule has 1 aliphatic rings. The molecule has 1 heterocycles. The van der Waals surface area contributed by atoms with Gasteiger partial charge in [0.2, 0.25) is 0 Å². The number of piperidine rings is 1. The van der Waals surface area contributed by atoms with E-state index in [4.69, 9.17) is 4.74 Å². The average molecular weight is 240 g/mol. The minimum atomic E-state index is 0. The Balaban J connectivity index is 0.00000128. The van der Waals surface area contributed by atoms with Gasteiger partial charge in [-0.05, 0) is 18.6 Å². The predicted octanol–water partition coefficient (Wildman–Crippen LogP) is -0.685. The second-order valence-corrected chi connectivity index (χ2v) is 3.97. The maximum Gasteiger partial charge on any atom is 0.174 e. The largest absolute Gasteiger partial charge is 1.00 e. The maximum absolute atomic E-state index is 5.33. The molecule has 0 N–H and O–H groups in total. The first-order chi connectivity index (χ1) is 7.40. The molecule has 1 saturated heterocycles. The number of halogens is 1. The van der Waals surface area contributed by atoms with Crippen LogP contribution in [0, 0.1) is 0 Å². The average Bonchev–Trinajstić information content (AvgIpc) is 2.31. The van der Waals surface area contributed by atoms with Gasteiger partial charge in [-0.1, -0.05) is 12.1 Å². The van der Waals surface area contributed by atoms with Gasteiger partial charge in [-0.2, -0.15) is 0 Å². The van der Waals surface area contributed by atoms with Crippen molar-refractivity contribution >= 4 is 6.21 Å². The first kappa shape index (κ1) is 13.0. The molecule has 0 aromatic heterocycles. The van der Waals surface area contributed by atoms with Crippen LogP contribution < -0.4 is 17.1 Å². The SMILES string of the molecule is COc1ccccc1C=[N+]1CCCCC1.[Cl-]. The van der Waals surface area contributed by atoms with Crippen LogP contribution in [0.2, 0.25) is 0 Å². The minimum Gasteiger partial charge on any atom is -1.00 e. The van der Waals surface area contributed by atoms with Crippen LogP contribution in [0.25, 0.3) is 0 Å². The van der Waals surface area contributed by atoms with E-state index >= 15 is 0 Å². The molecule has 0 saturated carbocycles. The lowest BCUT2D eigenvalue weighted by Crippen LogP contribution is -3.00. The van der Waals surface area contributed by atoms with Crippen molar-refractivity contribution in [2.45, 2.75) is 19.3 Å². The lowest BCUT2D eigenvalue weighted by Gasteiger charge is -2.10. The molecule has 16 heavy (non-hydrogen) atoms. The number of para-hydroxylation sites is 1. The Labute approximate surface area is 103 Å². The predicted molar refractivity (Wildman–Crippen MR) is 62.0 cm³/mol. The van der Waals surface area contributed by atoms with Crippen LogP contribution in [0.5, 0.6) is 5.75 Å². The number of benzene rings is 1. The Morgan fingerprint density at radius 1 is 1.12 bits per heavy atom. The van der Waals surface area contributed by atoms with Crippen molar-refractivity contribution in [1.29, 1.82) is 0 Å². The van der Waals surface area contributed by atoms with Crippen LogP contribution in [0.4, 0.5) is 0 Å². The van der Waals surface area contributed by atoms with Crippen LogP contribution in [-0.4, -0.2) is 31.0 Å². The fraction of sp³-hybridized carbons (Fsp3) is 0.462. The third-order valence-electron chi connectivity index (χ3n) is 2.85. The van der Waals surface area contributed by atoms with Crippen molar-refractivity contribution < 1.29 is 21.7 Å². The summed E-state index contributed by atoms with van der Waals surface area (Å²) in [4.78, 5) is 0. The fourth-order valence-corrected chi connectivity index (χ4v) is 2.02. The number of ether oxygens (including phenoxy) is 1. The van der Waals surface area contributed by atoms with E-state index < -0.39 is 0 Å². The quantitative estimate of drug-likeness (QED) is 0.623. The Morgan fingerprint density at radius 2 is 1.81 bits per heavy atom. The molecule has 0 aliphatic carbocycles. The van der Waals surface area contributed by atoms with Gasteiger partial charge in [0.15, 0.2) is 6.21 Å². The monoisotopic (exact) mass is 239 g/mol. The van der Waals surface area contributed by atoms with Gasteiger partial charge >= 0.3 is 0 Å². The Bertz CT molecular complexity index is 355. The van der Waals surface area contributed by atoms with Gasteiger partial charge in [0, 0.05) is 12.8 Å². The smallest absolute Gasteiger partial charge is 0.174 e. The van der Waals surface area contributed by atoms with Gasteiger partial charge in [0.25, 0.3) is 0 Å². The van der Waals surface area contributed by atoms with Gasteiger partial charge in [-0.25, -0.2) is 4.58 Å². The van der Waals surface area contributed by atoms with Crippen LogP contribution >= 0.6 is 0 Å². The van der Waals surface area contributed by atoms with Gasteiger partial charge in [0.05, 0.1) is 12.7 Å². The topological polar surface area (TPSA) is 12.2 Å². The molecular formula is C13H18ClNO. The molecular weight excluding hydrogens is 222 g/mol. The second kappa shape index (κ2) is 6.54. The number of rotatable bonds is 2. The molecule has 1 aromatic carbocycles. The molecule has 2 nitrogen and oxygen atoms in total. The standard InChI is InChI=1S/C13H18NO.ClH/c1-15-13-8-4-3-7-12(13)11-14-9-5-2-6-10-14;/h3-4,7-8,11H,2,5-6,9-10H2,1H3;1H/q+1;/p-1. The molecule has 1 aliphatic heterocycles. The van der Waals surface area contributed by atoms with Crippen molar-refractivity contribution in [3.05, 3.63) is 29.8 Å². The molecule has 1 aromatic rings. The highest BCUT2D eigenvalue weighted by molar-refractivity contribution is 5.79. The summed E-state index contributed by atoms with van der Waals surface area (Å²) < 4.78 is 7.72. The second-order valence-electron chi connectivity index (χ2n) is 3.97. The van der Waals surface area contributed by atoms with E-state index in [2.05, 4.69) is 22.9 Å². The molecule has 0 amide bonds. The number of hydrogen-bond acceptors (Lipinski definition) is 1. The van der Waals surface area contributed by atoms with Crippen molar-refractivity contribution in [3.63, 3.8) is 0 Å². The zero-order chi connectivity index (χ0) is 10.5. The third kappa shape index (κ3) is 3.24. The molecule has 0 unspecified atom stereocenters. The molecule has 88 valence electrons. The molecule has 2 rings (SSSR count). The van der Waals surface area contributed by atoms with Crippen LogP contribution in [0.1, 0.15) is 24.8 Å². The van der Waals surface area contributed by atoms with Crippen LogP contribution in [-0.2, 0) is 0 Å². The minimum absolute atomic E-state index is 0. The van der Waals surface area contributed by atoms with E-state index in [1.54, 1.807) is 7.11 Å². The van der Waals surface area contributed by atoms with Crippen molar-refractivity contribution in [2.75, 3.05) is 20.2 Å². The van der Waals surface area contributed by atoms with Gasteiger partial charge in [-0.15, -0.1) is 0 Å². The normalized spacial score (nSPS) is 15.2. The molecule has 3 heteroatoms. The zero-order valence-corrected chi connectivity index (χ0v) is 10.4. The summed E-state index contributed by atoms with van der Waals surface area (Å²) >= 11 is 0. The summed E-state index contributed by atoms with van der Waals surface area (Å²) in [5, 5.41) is 0. The molecule has 0 spiro atoms. The number of methoxy groups -OCH3 is 1. The summed E-state index contributed by atoms with van der Waals surface area (Å²) in [6.07, 6.45) is 6.21. The van der Waals surface area contributed by atoms with E-state index in [1.165, 1.54) is 37.9 Å². The van der Waals surface area contributed by atoms with Crippen molar-refractivity contribution in [3.8, 4) is 5.75 Å². The van der Waals surface area contributed by atoms with E-state index in [1.807, 2.05) is 12.1 Å². The van der Waals surface area contributed by atoms with E-state index in [-0.39, 0.29) is 12.4 Å². The zero-order valence-electron chi connectivity index (χ0n) is 9.66. The third-order valence-corrected chi connectivity index (χ3v) is 2.85. The Kier molecular flexibility index (Phi) is 5.33. The van der Waals surface area contributed by atoms with E-state index in [9.17, 15) is 0 Å². The summed E-state index contributed by atoms with van der Waals surface area (Å²) in [6, 6.07) is 8.17. The highest BCUT2D eigenvalue weighted by Crippen LogP contribution is 2.15. The van der Waals surface area contributed by atoms with Crippen LogP contribution in [0.15, 0.2) is 24.3 Å². The highest BCUT2D eigenvalue weighted by atomic mass is 35.5. The number of hydrogen-bond donors (Lipinski definition) is 0. The first-order valence-corrected chi connectivity index (χ1v) is 5.62. The maximum atomic E-state index is 5.33. The molecule has 0 bridgehead atoms.